The molecule has 2 aromatic rings. The second-order valence-electron chi connectivity index (χ2n) is 7.04. The Morgan fingerprint density at radius 1 is 1.23 bits per heavy atom. The number of carbonyl (C=O) groups is 1. The number of aromatic hydroxyl groups is 1. The van der Waals surface area contributed by atoms with Gasteiger partial charge in [0.1, 0.15) is 5.75 Å². The number of phenols is 1. The van der Waals surface area contributed by atoms with Crippen LogP contribution in [0.1, 0.15) is 18.3 Å². The second-order valence-corrected chi connectivity index (χ2v) is 7.04. The maximum atomic E-state index is 12.7. The molecule has 2 heterocycles. The normalized spacial score (nSPS) is 16.5. The number of aromatic nitrogens is 2. The molecule has 3 rings (SSSR count). The molecule has 1 aliphatic rings. The van der Waals surface area contributed by atoms with Gasteiger partial charge >= 0.3 is 0 Å². The number of quaternary nitrogens is 1. The number of phenolic OH excluding ortho intramolecular Hbond substituents is 1. The summed E-state index contributed by atoms with van der Waals surface area (Å²) < 4.78 is 1.79. The van der Waals surface area contributed by atoms with Crippen LogP contribution in [0, 0.1) is 13.8 Å². The summed E-state index contributed by atoms with van der Waals surface area (Å²) in [5.74, 6) is 0.321. The average molecular weight is 358 g/mol. The number of rotatable bonds is 4. The minimum Gasteiger partial charge on any atom is -0.508 e. The van der Waals surface area contributed by atoms with Crippen molar-refractivity contribution in [2.24, 2.45) is 7.05 Å². The molecule has 1 atom stereocenters. The average Bonchev–Trinajstić information content (AvgIpc) is 2.88. The molecule has 0 bridgehead atoms. The van der Waals surface area contributed by atoms with Crippen LogP contribution in [-0.2, 0) is 11.8 Å². The molecule has 26 heavy (non-hydrogen) atoms. The van der Waals surface area contributed by atoms with Crippen LogP contribution in [0.15, 0.2) is 24.3 Å². The van der Waals surface area contributed by atoms with E-state index in [0.717, 1.165) is 48.9 Å². The van der Waals surface area contributed by atoms with Gasteiger partial charge in [-0.3, -0.25) is 9.48 Å². The fourth-order valence-corrected chi connectivity index (χ4v) is 3.52. The van der Waals surface area contributed by atoms with Crippen molar-refractivity contribution in [3.05, 3.63) is 35.7 Å². The number of piperazine rings is 1. The second kappa shape index (κ2) is 7.37. The molecule has 0 spiro atoms. The third-order valence-corrected chi connectivity index (χ3v) is 5.38. The monoisotopic (exact) mass is 358 g/mol. The Bertz CT molecular complexity index is 776. The van der Waals surface area contributed by atoms with E-state index in [-0.39, 0.29) is 17.7 Å². The summed E-state index contributed by atoms with van der Waals surface area (Å²) in [7, 11) is 1.88. The molecule has 0 radical (unpaired) electrons. The Kier molecular flexibility index (Phi) is 5.18. The number of aryl methyl sites for hydroxylation is 2. The van der Waals surface area contributed by atoms with Crippen molar-refractivity contribution >= 4 is 17.3 Å². The lowest BCUT2D eigenvalue weighted by atomic mass is 10.2. The summed E-state index contributed by atoms with van der Waals surface area (Å²) >= 11 is 0. The third kappa shape index (κ3) is 3.67. The topological polar surface area (TPSA) is 74.8 Å². The van der Waals surface area contributed by atoms with Crippen LogP contribution in [0.25, 0.3) is 0 Å². The first-order chi connectivity index (χ1) is 12.4. The lowest BCUT2D eigenvalue weighted by Crippen LogP contribution is -3.19. The highest BCUT2D eigenvalue weighted by Gasteiger charge is 2.30. The molecule has 0 unspecified atom stereocenters. The van der Waals surface area contributed by atoms with Gasteiger partial charge < -0.3 is 20.2 Å². The maximum Gasteiger partial charge on any atom is 0.282 e. The number of nitrogens with zero attached hydrogens (tertiary/aromatic N) is 3. The first-order valence-corrected chi connectivity index (χ1v) is 9.06. The number of hydrogen-bond acceptors (Lipinski definition) is 4. The molecule has 1 aromatic heterocycles. The molecule has 0 saturated carbocycles. The van der Waals surface area contributed by atoms with Gasteiger partial charge in [0.05, 0.1) is 43.3 Å². The molecule has 1 amide bonds. The first kappa shape index (κ1) is 18.3. The van der Waals surface area contributed by atoms with Crippen LogP contribution in [0.4, 0.5) is 11.4 Å². The standard InChI is InChI=1S/C19H27N5O2/c1-13-18(14(2)22(4)21-13)20-19(26)15(3)23-9-11-24(12-10-23)16-5-7-17(25)8-6-16/h5-8,15,25H,9-12H2,1-4H3,(H,20,26)/p+1/t15-/m1/s1. The number of nitrogens with one attached hydrogen (secondary N) is 2. The number of hydrogen-bond donors (Lipinski definition) is 3. The quantitative estimate of drug-likeness (QED) is 0.743. The van der Waals surface area contributed by atoms with Gasteiger partial charge in [-0.1, -0.05) is 0 Å². The van der Waals surface area contributed by atoms with Gasteiger partial charge in [0.25, 0.3) is 5.91 Å². The third-order valence-electron chi connectivity index (χ3n) is 5.38. The zero-order valence-corrected chi connectivity index (χ0v) is 15.9. The van der Waals surface area contributed by atoms with E-state index in [9.17, 15) is 9.90 Å². The van der Waals surface area contributed by atoms with Crippen molar-refractivity contribution in [3.8, 4) is 5.75 Å². The Morgan fingerprint density at radius 2 is 1.85 bits per heavy atom. The zero-order valence-electron chi connectivity index (χ0n) is 15.9. The fraction of sp³-hybridized carbons (Fsp3) is 0.474. The van der Waals surface area contributed by atoms with E-state index in [1.165, 1.54) is 4.90 Å². The SMILES string of the molecule is Cc1nn(C)c(C)c1NC(=O)[C@@H](C)[NH+]1CCN(c2ccc(O)cc2)CC1. The van der Waals surface area contributed by atoms with Gasteiger partial charge in [-0.25, -0.2) is 0 Å². The summed E-state index contributed by atoms with van der Waals surface area (Å²) in [6.45, 7) is 9.45. The maximum absolute atomic E-state index is 12.7. The van der Waals surface area contributed by atoms with E-state index in [0.29, 0.717) is 0 Å². The van der Waals surface area contributed by atoms with Crippen molar-refractivity contribution < 1.29 is 14.8 Å². The van der Waals surface area contributed by atoms with E-state index in [2.05, 4.69) is 15.3 Å². The van der Waals surface area contributed by atoms with Crippen LogP contribution in [-0.4, -0.2) is 53.0 Å². The smallest absolute Gasteiger partial charge is 0.282 e. The van der Waals surface area contributed by atoms with E-state index < -0.39 is 0 Å². The molecule has 0 aliphatic carbocycles. The first-order valence-electron chi connectivity index (χ1n) is 9.06. The molecule has 1 saturated heterocycles. The lowest BCUT2D eigenvalue weighted by Gasteiger charge is -2.36. The zero-order chi connectivity index (χ0) is 18.8. The van der Waals surface area contributed by atoms with Gasteiger partial charge in [0, 0.05) is 12.7 Å². The summed E-state index contributed by atoms with van der Waals surface area (Å²) in [5, 5.41) is 16.8. The van der Waals surface area contributed by atoms with Gasteiger partial charge in [0.2, 0.25) is 0 Å². The van der Waals surface area contributed by atoms with E-state index in [4.69, 9.17) is 0 Å². The van der Waals surface area contributed by atoms with Crippen LogP contribution < -0.4 is 15.1 Å². The van der Waals surface area contributed by atoms with E-state index in [1.54, 1.807) is 16.8 Å². The van der Waals surface area contributed by atoms with Crippen molar-refractivity contribution in [2.75, 3.05) is 36.4 Å². The van der Waals surface area contributed by atoms with Gasteiger partial charge in [0.15, 0.2) is 6.04 Å². The molecule has 140 valence electrons. The highest BCUT2D eigenvalue weighted by atomic mass is 16.3. The Balaban J connectivity index is 1.58. The number of amides is 1. The van der Waals surface area contributed by atoms with Crippen LogP contribution >= 0.6 is 0 Å². The molecule has 7 heteroatoms. The molecule has 3 N–H and O–H groups in total. The Labute approximate surface area is 154 Å². The van der Waals surface area contributed by atoms with Crippen molar-refractivity contribution in [3.63, 3.8) is 0 Å². The van der Waals surface area contributed by atoms with E-state index in [1.807, 2.05) is 40.0 Å². The molecule has 7 nitrogen and oxygen atoms in total. The van der Waals surface area contributed by atoms with Gasteiger partial charge in [-0.2, -0.15) is 5.10 Å². The lowest BCUT2D eigenvalue weighted by molar-refractivity contribution is -0.914. The molecule has 1 aliphatic heterocycles. The minimum absolute atomic E-state index is 0.0392. The predicted molar refractivity (Wildman–Crippen MR) is 102 cm³/mol. The number of carbonyl (C=O) groups excluding carboxylic acids is 1. The largest absolute Gasteiger partial charge is 0.508 e. The number of benzene rings is 1. The number of anilines is 2. The summed E-state index contributed by atoms with van der Waals surface area (Å²) in [4.78, 5) is 16.3. The summed E-state index contributed by atoms with van der Waals surface area (Å²) in [5.41, 5.74) is 3.75. The predicted octanol–water partition coefficient (Wildman–Crippen LogP) is 0.475. The van der Waals surface area contributed by atoms with Crippen molar-refractivity contribution in [2.45, 2.75) is 26.8 Å². The summed E-state index contributed by atoms with van der Waals surface area (Å²) in [6, 6.07) is 7.18. The van der Waals surface area contributed by atoms with Crippen LogP contribution in [0.2, 0.25) is 0 Å². The highest BCUT2D eigenvalue weighted by Crippen LogP contribution is 2.19. The summed E-state index contributed by atoms with van der Waals surface area (Å²) in [6.07, 6.45) is 0. The van der Waals surface area contributed by atoms with Crippen LogP contribution in [0.5, 0.6) is 5.75 Å². The molecule has 1 aromatic carbocycles. The van der Waals surface area contributed by atoms with Crippen molar-refractivity contribution in [1.29, 1.82) is 0 Å². The Hall–Kier alpha value is -2.54. The van der Waals surface area contributed by atoms with E-state index >= 15 is 0 Å². The molecule has 1 fully saturated rings. The fourth-order valence-electron chi connectivity index (χ4n) is 3.52. The van der Waals surface area contributed by atoms with Crippen molar-refractivity contribution in [1.82, 2.24) is 9.78 Å². The molecular weight excluding hydrogens is 330 g/mol. The Morgan fingerprint density at radius 3 is 2.38 bits per heavy atom. The van der Waals surface area contributed by atoms with Gasteiger partial charge in [-0.05, 0) is 45.0 Å². The van der Waals surface area contributed by atoms with Gasteiger partial charge in [-0.15, -0.1) is 0 Å². The van der Waals surface area contributed by atoms with Crippen LogP contribution in [0.3, 0.4) is 0 Å². The highest BCUT2D eigenvalue weighted by molar-refractivity contribution is 5.94. The minimum atomic E-state index is -0.115. The molecular formula is C19H28N5O2+.